The Morgan fingerprint density at radius 2 is 2.21 bits per heavy atom. The summed E-state index contributed by atoms with van der Waals surface area (Å²) < 4.78 is 34.9. The highest BCUT2D eigenvalue weighted by Gasteiger charge is 2.23. The summed E-state index contributed by atoms with van der Waals surface area (Å²) in [5.41, 5.74) is 6.17. The molecule has 1 heterocycles. The van der Waals surface area contributed by atoms with Crippen molar-refractivity contribution >= 4 is 11.9 Å². The molecule has 1 amide bonds. The highest BCUT2D eigenvalue weighted by molar-refractivity contribution is 5.80. The van der Waals surface area contributed by atoms with Gasteiger partial charge in [0.15, 0.2) is 17.5 Å². The molecule has 28 heavy (non-hydrogen) atoms. The third-order valence-electron chi connectivity index (χ3n) is 4.49. The number of carbonyl (C=O) groups excluding carboxylic acids is 1. The van der Waals surface area contributed by atoms with E-state index < -0.39 is 6.61 Å². The first-order chi connectivity index (χ1) is 13.4. The predicted octanol–water partition coefficient (Wildman–Crippen LogP) is 2.35. The van der Waals surface area contributed by atoms with Gasteiger partial charge < -0.3 is 25.4 Å². The molecule has 0 bridgehead atoms. The number of guanidine groups is 1. The zero-order valence-electron chi connectivity index (χ0n) is 16.3. The van der Waals surface area contributed by atoms with Crippen molar-refractivity contribution in [3.8, 4) is 11.5 Å². The Hall–Kier alpha value is -2.58. The molecule has 0 aliphatic carbocycles. The van der Waals surface area contributed by atoms with Crippen molar-refractivity contribution in [2.75, 3.05) is 26.7 Å². The minimum absolute atomic E-state index is 0.00954. The van der Waals surface area contributed by atoms with Crippen LogP contribution in [0.5, 0.6) is 11.5 Å². The first-order valence-corrected chi connectivity index (χ1v) is 9.37. The highest BCUT2D eigenvalue weighted by Crippen LogP contribution is 2.30. The maximum atomic E-state index is 12.5. The van der Waals surface area contributed by atoms with Crippen molar-refractivity contribution in [3.05, 3.63) is 23.8 Å². The number of hydrogen-bond donors (Lipinski definition) is 2. The van der Waals surface area contributed by atoms with Crippen LogP contribution in [0.15, 0.2) is 23.2 Å². The van der Waals surface area contributed by atoms with Crippen molar-refractivity contribution in [2.45, 2.75) is 39.3 Å². The molecule has 1 atom stereocenters. The van der Waals surface area contributed by atoms with Gasteiger partial charge >= 0.3 is 6.61 Å². The summed E-state index contributed by atoms with van der Waals surface area (Å²) in [6, 6.07) is 4.85. The van der Waals surface area contributed by atoms with Crippen LogP contribution in [0.25, 0.3) is 0 Å². The van der Waals surface area contributed by atoms with E-state index in [0.717, 1.165) is 30.9 Å². The van der Waals surface area contributed by atoms with Crippen molar-refractivity contribution < 1.29 is 23.0 Å². The topological polar surface area (TPSA) is 89.2 Å². The van der Waals surface area contributed by atoms with Gasteiger partial charge in [-0.1, -0.05) is 6.07 Å². The van der Waals surface area contributed by atoms with Gasteiger partial charge in [0.05, 0.1) is 6.61 Å². The molecule has 156 valence electrons. The predicted molar refractivity (Wildman–Crippen MR) is 103 cm³/mol. The summed E-state index contributed by atoms with van der Waals surface area (Å²) >= 11 is 0. The van der Waals surface area contributed by atoms with Crippen LogP contribution in [0.4, 0.5) is 8.78 Å². The number of nitrogens with two attached hydrogens (primary N) is 1. The molecular formula is C19H28F2N4O3. The summed E-state index contributed by atoms with van der Waals surface area (Å²) in [7, 11) is 1.70. The van der Waals surface area contributed by atoms with Gasteiger partial charge in [-0.3, -0.25) is 9.79 Å². The molecule has 1 fully saturated rings. The van der Waals surface area contributed by atoms with Crippen LogP contribution in [0.1, 0.15) is 31.7 Å². The lowest BCUT2D eigenvalue weighted by atomic mass is 9.95. The number of likely N-dealkylation sites (tertiary alicyclic amines) is 1. The monoisotopic (exact) mass is 398 g/mol. The van der Waals surface area contributed by atoms with Crippen LogP contribution >= 0.6 is 0 Å². The lowest BCUT2D eigenvalue weighted by molar-refractivity contribution is -0.119. The number of carbonyl (C=O) groups is 1. The van der Waals surface area contributed by atoms with E-state index in [0.29, 0.717) is 26.1 Å². The number of benzene rings is 1. The quantitative estimate of drug-likeness (QED) is 0.518. The first kappa shape index (κ1) is 21.7. The molecule has 1 unspecified atom stereocenters. The SMILES string of the molecule is CCOc1cc(CNC(=NC)N2CCCC(CC(N)=O)C2)ccc1OC(F)F. The molecule has 1 aromatic carbocycles. The van der Waals surface area contributed by atoms with E-state index in [4.69, 9.17) is 10.5 Å². The number of piperidine rings is 1. The number of nitrogens with one attached hydrogen (secondary N) is 1. The molecule has 0 spiro atoms. The summed E-state index contributed by atoms with van der Waals surface area (Å²) in [5.74, 6) is 0.941. The first-order valence-electron chi connectivity index (χ1n) is 9.37. The second-order valence-corrected chi connectivity index (χ2v) is 6.62. The van der Waals surface area contributed by atoms with Crippen molar-refractivity contribution in [1.29, 1.82) is 0 Å². The van der Waals surface area contributed by atoms with Crippen LogP contribution < -0.4 is 20.5 Å². The largest absolute Gasteiger partial charge is 0.490 e. The minimum atomic E-state index is -2.91. The normalized spacial score (nSPS) is 17.5. The third-order valence-corrected chi connectivity index (χ3v) is 4.49. The average Bonchev–Trinajstić information content (AvgIpc) is 2.64. The zero-order chi connectivity index (χ0) is 20.5. The van der Waals surface area contributed by atoms with Gasteiger partial charge in [0, 0.05) is 33.1 Å². The van der Waals surface area contributed by atoms with Crippen LogP contribution in [0.2, 0.25) is 0 Å². The molecule has 9 heteroatoms. The van der Waals surface area contributed by atoms with Crippen LogP contribution in [0, 0.1) is 5.92 Å². The number of alkyl halides is 2. The number of aliphatic imine (C=N–C) groups is 1. The average molecular weight is 398 g/mol. The van der Waals surface area contributed by atoms with E-state index in [-0.39, 0.29) is 23.3 Å². The second kappa shape index (κ2) is 10.7. The van der Waals surface area contributed by atoms with E-state index >= 15 is 0 Å². The van der Waals surface area contributed by atoms with Gasteiger partial charge in [-0.05, 0) is 43.4 Å². The standard InChI is InChI=1S/C19H28F2N4O3/c1-3-27-16-9-13(6-7-15(16)28-18(20)21)11-24-19(23-2)25-8-4-5-14(12-25)10-17(22)26/h6-7,9,14,18H,3-5,8,10-12H2,1-2H3,(H2,22,26)(H,23,24). The minimum Gasteiger partial charge on any atom is -0.490 e. The van der Waals surface area contributed by atoms with E-state index in [1.807, 2.05) is 0 Å². The smallest absolute Gasteiger partial charge is 0.387 e. The Balaban J connectivity index is 2.00. The number of primary amides is 1. The Kier molecular flexibility index (Phi) is 8.28. The number of halogens is 2. The van der Waals surface area contributed by atoms with Crippen molar-refractivity contribution in [3.63, 3.8) is 0 Å². The van der Waals surface area contributed by atoms with Crippen molar-refractivity contribution in [1.82, 2.24) is 10.2 Å². The van der Waals surface area contributed by atoms with Gasteiger partial charge in [0.2, 0.25) is 5.91 Å². The van der Waals surface area contributed by atoms with Gasteiger partial charge in [0.25, 0.3) is 0 Å². The Bertz CT molecular complexity index is 685. The van der Waals surface area contributed by atoms with Crippen molar-refractivity contribution in [2.24, 2.45) is 16.6 Å². The van der Waals surface area contributed by atoms with E-state index in [1.165, 1.54) is 6.07 Å². The number of ether oxygens (including phenoxy) is 2. The zero-order valence-corrected chi connectivity index (χ0v) is 16.3. The summed E-state index contributed by atoms with van der Waals surface area (Å²) in [4.78, 5) is 17.6. The van der Waals surface area contributed by atoms with E-state index in [9.17, 15) is 13.6 Å². The van der Waals surface area contributed by atoms with E-state index in [1.54, 1.807) is 26.1 Å². The van der Waals surface area contributed by atoms with Gasteiger partial charge in [-0.15, -0.1) is 0 Å². The molecule has 3 N–H and O–H groups in total. The maximum absolute atomic E-state index is 12.5. The fraction of sp³-hybridized carbons (Fsp3) is 0.579. The number of hydrogen-bond acceptors (Lipinski definition) is 4. The van der Waals surface area contributed by atoms with Crippen LogP contribution in [-0.4, -0.2) is 50.1 Å². The summed E-state index contributed by atoms with van der Waals surface area (Å²) in [6.45, 7) is 1.22. The van der Waals surface area contributed by atoms with Gasteiger partial charge in [0.1, 0.15) is 0 Å². The maximum Gasteiger partial charge on any atom is 0.387 e. The summed E-state index contributed by atoms with van der Waals surface area (Å²) in [5, 5.41) is 3.27. The fourth-order valence-corrected chi connectivity index (χ4v) is 3.35. The van der Waals surface area contributed by atoms with Crippen LogP contribution in [-0.2, 0) is 11.3 Å². The molecule has 1 aliphatic heterocycles. The Labute approximate surface area is 163 Å². The molecule has 0 radical (unpaired) electrons. The molecule has 7 nitrogen and oxygen atoms in total. The molecule has 1 aromatic rings. The molecular weight excluding hydrogens is 370 g/mol. The Morgan fingerprint density at radius 3 is 2.86 bits per heavy atom. The lowest BCUT2D eigenvalue weighted by Gasteiger charge is -2.34. The Morgan fingerprint density at radius 1 is 1.43 bits per heavy atom. The molecule has 1 saturated heterocycles. The number of rotatable bonds is 8. The number of amides is 1. The van der Waals surface area contributed by atoms with Gasteiger partial charge in [-0.2, -0.15) is 8.78 Å². The molecule has 0 aromatic heterocycles. The number of nitrogens with zero attached hydrogens (tertiary/aromatic N) is 2. The lowest BCUT2D eigenvalue weighted by Crippen LogP contribution is -2.46. The van der Waals surface area contributed by atoms with Gasteiger partial charge in [-0.25, -0.2) is 0 Å². The molecule has 1 aliphatic rings. The van der Waals surface area contributed by atoms with Crippen LogP contribution in [0.3, 0.4) is 0 Å². The van der Waals surface area contributed by atoms with E-state index in [2.05, 4.69) is 19.9 Å². The fourth-order valence-electron chi connectivity index (χ4n) is 3.35. The third kappa shape index (κ3) is 6.54. The highest BCUT2D eigenvalue weighted by atomic mass is 19.3. The second-order valence-electron chi connectivity index (χ2n) is 6.62. The molecule has 0 saturated carbocycles. The molecule has 2 rings (SSSR count). The summed E-state index contributed by atoms with van der Waals surface area (Å²) in [6.07, 6.45) is 2.31.